The number of nitrogens with one attached hydrogen (secondary N) is 2. The zero-order valence-corrected chi connectivity index (χ0v) is 15.7. The lowest BCUT2D eigenvalue weighted by atomic mass is 10.1. The first-order valence-corrected chi connectivity index (χ1v) is 9.29. The van der Waals surface area contributed by atoms with E-state index in [2.05, 4.69) is 10.0 Å². The number of carbonyl (C=O) groups is 1. The Hall–Kier alpha value is -2.09. The molecule has 0 bridgehead atoms. The molecule has 134 valence electrons. The first-order valence-electron chi connectivity index (χ1n) is 7.43. The van der Waals surface area contributed by atoms with Gasteiger partial charge in [0.2, 0.25) is 15.9 Å². The fraction of sp³-hybridized carbons (Fsp3) is 0.235. The summed E-state index contributed by atoms with van der Waals surface area (Å²) in [5.74, 6) is -0.0941. The predicted octanol–water partition coefficient (Wildman–Crippen LogP) is 2.88. The standard InChI is InChI=1S/C17H19ClN2O4S/c1-11-4-6-15(12(2)8-11)20-17(21)10-19-25(22,23)13-5-7-16(24-3)14(18)9-13/h4-9,19H,10H2,1-3H3,(H,20,21). The summed E-state index contributed by atoms with van der Waals surface area (Å²) in [5, 5.41) is 2.85. The van der Waals surface area contributed by atoms with Crippen LogP contribution < -0.4 is 14.8 Å². The van der Waals surface area contributed by atoms with Gasteiger partial charge < -0.3 is 10.1 Å². The molecular formula is C17H19ClN2O4S. The third-order valence-corrected chi connectivity index (χ3v) is 5.21. The molecule has 0 unspecified atom stereocenters. The average molecular weight is 383 g/mol. The fourth-order valence-corrected chi connectivity index (χ4v) is 3.54. The summed E-state index contributed by atoms with van der Waals surface area (Å²) in [4.78, 5) is 12.0. The highest BCUT2D eigenvalue weighted by Gasteiger charge is 2.17. The monoisotopic (exact) mass is 382 g/mol. The highest BCUT2D eigenvalue weighted by atomic mass is 35.5. The molecule has 0 fully saturated rings. The van der Waals surface area contributed by atoms with Crippen LogP contribution in [0.25, 0.3) is 0 Å². The van der Waals surface area contributed by atoms with Gasteiger partial charge in [-0.1, -0.05) is 29.3 Å². The van der Waals surface area contributed by atoms with Crippen LogP contribution in [0.4, 0.5) is 5.69 Å². The molecule has 0 spiro atoms. The summed E-state index contributed by atoms with van der Waals surface area (Å²) >= 11 is 5.94. The molecule has 0 aliphatic heterocycles. The smallest absolute Gasteiger partial charge is 0.241 e. The van der Waals surface area contributed by atoms with Crippen molar-refractivity contribution in [1.82, 2.24) is 4.72 Å². The van der Waals surface area contributed by atoms with E-state index in [4.69, 9.17) is 16.3 Å². The lowest BCUT2D eigenvalue weighted by Gasteiger charge is -2.11. The Kier molecular flexibility index (Phi) is 6.05. The second-order valence-electron chi connectivity index (χ2n) is 5.49. The second-order valence-corrected chi connectivity index (χ2v) is 7.66. The van der Waals surface area contributed by atoms with Crippen molar-refractivity contribution in [2.24, 2.45) is 0 Å². The number of rotatable bonds is 6. The Morgan fingerprint density at radius 1 is 1.16 bits per heavy atom. The molecule has 2 aromatic rings. The van der Waals surface area contributed by atoms with Crippen LogP contribution in [0.1, 0.15) is 11.1 Å². The Labute approximate surface area is 152 Å². The number of halogens is 1. The van der Waals surface area contributed by atoms with Crippen molar-refractivity contribution in [1.29, 1.82) is 0 Å². The van der Waals surface area contributed by atoms with Gasteiger partial charge in [-0.05, 0) is 43.7 Å². The zero-order chi connectivity index (χ0) is 18.6. The molecule has 2 N–H and O–H groups in total. The van der Waals surface area contributed by atoms with Gasteiger partial charge in [0.1, 0.15) is 5.75 Å². The van der Waals surface area contributed by atoms with Crippen LogP contribution >= 0.6 is 11.6 Å². The molecule has 2 aromatic carbocycles. The second kappa shape index (κ2) is 7.86. The maximum absolute atomic E-state index is 12.3. The third kappa shape index (κ3) is 4.94. The molecule has 8 heteroatoms. The number of sulfonamides is 1. The minimum atomic E-state index is -3.86. The van der Waals surface area contributed by atoms with E-state index in [0.717, 1.165) is 11.1 Å². The number of aryl methyl sites for hydroxylation is 2. The summed E-state index contributed by atoms with van der Waals surface area (Å²) in [6, 6.07) is 9.65. The molecule has 0 saturated heterocycles. The number of anilines is 1. The minimum absolute atomic E-state index is 0.0439. The third-order valence-electron chi connectivity index (χ3n) is 3.51. The normalized spacial score (nSPS) is 11.2. The van der Waals surface area contributed by atoms with E-state index in [1.165, 1.54) is 25.3 Å². The van der Waals surface area contributed by atoms with Gasteiger partial charge in [0, 0.05) is 5.69 Å². The highest BCUT2D eigenvalue weighted by Crippen LogP contribution is 2.26. The molecule has 0 aliphatic carbocycles. The van der Waals surface area contributed by atoms with Crippen molar-refractivity contribution in [2.75, 3.05) is 19.0 Å². The van der Waals surface area contributed by atoms with Crippen molar-refractivity contribution in [3.63, 3.8) is 0 Å². The van der Waals surface area contributed by atoms with Gasteiger partial charge in [0.25, 0.3) is 0 Å². The Morgan fingerprint density at radius 3 is 2.48 bits per heavy atom. The van der Waals surface area contributed by atoms with Crippen LogP contribution in [0, 0.1) is 13.8 Å². The maximum atomic E-state index is 12.3. The summed E-state index contributed by atoms with van der Waals surface area (Å²) in [7, 11) is -2.43. The lowest BCUT2D eigenvalue weighted by Crippen LogP contribution is -2.33. The molecule has 0 heterocycles. The van der Waals surface area contributed by atoms with E-state index in [1.54, 1.807) is 6.07 Å². The van der Waals surface area contributed by atoms with Gasteiger partial charge in [-0.3, -0.25) is 4.79 Å². The first kappa shape index (κ1) is 19.2. The summed E-state index contributed by atoms with van der Waals surface area (Å²) < 4.78 is 31.8. The van der Waals surface area contributed by atoms with Gasteiger partial charge >= 0.3 is 0 Å². The van der Waals surface area contributed by atoms with Crippen LogP contribution in [0.3, 0.4) is 0 Å². The Balaban J connectivity index is 2.03. The van der Waals surface area contributed by atoms with Crippen LogP contribution in [-0.2, 0) is 14.8 Å². The van der Waals surface area contributed by atoms with Gasteiger partial charge in [0.05, 0.1) is 23.6 Å². The molecule has 25 heavy (non-hydrogen) atoms. The average Bonchev–Trinajstić information content (AvgIpc) is 2.55. The lowest BCUT2D eigenvalue weighted by molar-refractivity contribution is -0.115. The van der Waals surface area contributed by atoms with Gasteiger partial charge in [-0.25, -0.2) is 13.1 Å². The molecule has 6 nitrogen and oxygen atoms in total. The summed E-state index contributed by atoms with van der Waals surface area (Å²) in [6.45, 7) is 3.43. The van der Waals surface area contributed by atoms with E-state index in [-0.39, 0.29) is 16.5 Å². The topological polar surface area (TPSA) is 84.5 Å². The largest absolute Gasteiger partial charge is 0.495 e. The van der Waals surface area contributed by atoms with Gasteiger partial charge in [-0.2, -0.15) is 0 Å². The quantitative estimate of drug-likeness (QED) is 0.804. The summed E-state index contributed by atoms with van der Waals surface area (Å²) in [6.07, 6.45) is 0. The van der Waals surface area contributed by atoms with Crippen LogP contribution in [0.2, 0.25) is 5.02 Å². The fourth-order valence-electron chi connectivity index (χ4n) is 2.21. The van der Waals surface area contributed by atoms with Crippen LogP contribution in [0.15, 0.2) is 41.3 Å². The number of carbonyl (C=O) groups excluding carboxylic acids is 1. The predicted molar refractivity (Wildman–Crippen MR) is 97.7 cm³/mol. The van der Waals surface area contributed by atoms with Crippen LogP contribution in [0.5, 0.6) is 5.75 Å². The molecule has 0 atom stereocenters. The SMILES string of the molecule is COc1ccc(S(=O)(=O)NCC(=O)Nc2ccc(C)cc2C)cc1Cl. The summed E-state index contributed by atoms with van der Waals surface area (Å²) in [5.41, 5.74) is 2.62. The van der Waals surface area contributed by atoms with Crippen molar-refractivity contribution < 1.29 is 17.9 Å². The van der Waals surface area contributed by atoms with Crippen molar-refractivity contribution in [3.8, 4) is 5.75 Å². The number of benzene rings is 2. The molecular weight excluding hydrogens is 364 g/mol. The molecule has 0 aliphatic rings. The minimum Gasteiger partial charge on any atom is -0.495 e. The number of amides is 1. The number of hydrogen-bond donors (Lipinski definition) is 2. The molecule has 0 radical (unpaired) electrons. The van der Waals surface area contributed by atoms with Gasteiger partial charge in [0.15, 0.2) is 0 Å². The maximum Gasteiger partial charge on any atom is 0.241 e. The van der Waals surface area contributed by atoms with Crippen molar-refractivity contribution in [2.45, 2.75) is 18.7 Å². The molecule has 2 rings (SSSR count). The first-order chi connectivity index (χ1) is 11.7. The number of methoxy groups -OCH3 is 1. The molecule has 0 saturated carbocycles. The molecule has 0 aromatic heterocycles. The van der Waals surface area contributed by atoms with E-state index < -0.39 is 15.9 Å². The van der Waals surface area contributed by atoms with E-state index in [0.29, 0.717) is 11.4 Å². The van der Waals surface area contributed by atoms with E-state index in [1.807, 2.05) is 26.0 Å². The zero-order valence-electron chi connectivity index (χ0n) is 14.1. The van der Waals surface area contributed by atoms with Crippen molar-refractivity contribution >= 4 is 33.2 Å². The van der Waals surface area contributed by atoms with E-state index >= 15 is 0 Å². The van der Waals surface area contributed by atoms with E-state index in [9.17, 15) is 13.2 Å². The molecule has 1 amide bonds. The van der Waals surface area contributed by atoms with Crippen LogP contribution in [-0.4, -0.2) is 28.0 Å². The highest BCUT2D eigenvalue weighted by molar-refractivity contribution is 7.89. The number of hydrogen-bond acceptors (Lipinski definition) is 4. The Morgan fingerprint density at radius 2 is 1.88 bits per heavy atom. The Bertz CT molecular complexity index is 898. The van der Waals surface area contributed by atoms with Crippen molar-refractivity contribution in [3.05, 3.63) is 52.5 Å². The van der Waals surface area contributed by atoms with Gasteiger partial charge in [-0.15, -0.1) is 0 Å². The number of ether oxygens (including phenoxy) is 1.